The molecule has 0 fully saturated rings. The monoisotopic (exact) mass is 551 g/mol. The molecule has 5 nitrogen and oxygen atoms in total. The van der Waals surface area contributed by atoms with Gasteiger partial charge in [-0.3, -0.25) is 9.89 Å². The van der Waals surface area contributed by atoms with Crippen molar-refractivity contribution in [2.45, 2.75) is 31.9 Å². The van der Waals surface area contributed by atoms with Crippen molar-refractivity contribution in [1.29, 1.82) is 0 Å². The summed E-state index contributed by atoms with van der Waals surface area (Å²) in [5.41, 5.74) is 2.21. The Kier molecular flexibility index (Phi) is 9.37. The van der Waals surface area contributed by atoms with Crippen LogP contribution in [-0.4, -0.2) is 35.9 Å². The Morgan fingerprint density at radius 1 is 0.975 bits per heavy atom. The smallest absolute Gasteiger partial charge is 0.393 e. The van der Waals surface area contributed by atoms with Crippen LogP contribution in [0, 0.1) is 5.95 Å². The molecule has 9 heteroatoms. The van der Waals surface area contributed by atoms with Crippen LogP contribution < -0.4 is 10.1 Å². The van der Waals surface area contributed by atoms with E-state index in [0.717, 1.165) is 19.3 Å². The molecule has 1 amide bonds. The van der Waals surface area contributed by atoms with Crippen LogP contribution in [0.5, 0.6) is 5.75 Å². The highest BCUT2D eigenvalue weighted by Gasteiger charge is 2.31. The molecule has 0 bridgehead atoms. The number of nitrogens with zero attached hydrogens (tertiary/aromatic N) is 1. The summed E-state index contributed by atoms with van der Waals surface area (Å²) in [6.45, 7) is 0.454. The first-order valence-corrected chi connectivity index (χ1v) is 12.9. The first kappa shape index (κ1) is 28.6. The summed E-state index contributed by atoms with van der Waals surface area (Å²) < 4.78 is 61.8. The number of H-pyrrole nitrogens is 1. The minimum atomic E-state index is -4.47. The van der Waals surface area contributed by atoms with Crippen molar-refractivity contribution in [3.8, 4) is 5.75 Å². The van der Waals surface area contributed by atoms with Gasteiger partial charge in [-0.25, -0.2) is 0 Å². The predicted octanol–water partition coefficient (Wildman–Crippen LogP) is 7.46. The van der Waals surface area contributed by atoms with E-state index >= 15 is 0 Å². The van der Waals surface area contributed by atoms with Crippen molar-refractivity contribution in [3.63, 3.8) is 0 Å². The molecule has 1 aromatic heterocycles. The second-order valence-electron chi connectivity index (χ2n) is 9.17. The molecular formula is C31H29F4N3O2. The van der Waals surface area contributed by atoms with Crippen LogP contribution in [0.3, 0.4) is 0 Å². The van der Waals surface area contributed by atoms with E-state index in [1.165, 1.54) is 12.1 Å². The molecule has 2 N–H and O–H groups in total. The SMILES string of the molecule is CNC(=O)/C=C/CCCCOc1ccc(/C(=C(/CC(F)(F)F)c2ccccc2)c2ccc3n[nH]c(F)c3c2)cc1. The van der Waals surface area contributed by atoms with Gasteiger partial charge in [-0.1, -0.05) is 54.6 Å². The standard InChI is InChI=1S/C31H29F4N3O2/c1-36-28(39)11-7-2-3-8-18-40-24-15-12-22(13-16-24)29(23-14-17-27-25(19-23)30(32)38-37-27)26(20-31(33,34)35)21-9-5-4-6-10-21/h4-7,9-17,19H,2-3,8,18,20H2,1H3,(H,36,39)(H,37,38)/b11-7+,29-26+. The van der Waals surface area contributed by atoms with Crippen LogP contribution in [0.2, 0.25) is 0 Å². The number of halogens is 4. The highest BCUT2D eigenvalue weighted by Crippen LogP contribution is 2.40. The Morgan fingerprint density at radius 2 is 1.70 bits per heavy atom. The molecule has 0 atom stereocenters. The number of unbranched alkanes of at least 4 members (excludes halogenated alkanes) is 2. The Hall–Kier alpha value is -4.40. The number of alkyl halides is 3. The van der Waals surface area contributed by atoms with E-state index in [0.29, 0.717) is 40.1 Å². The van der Waals surface area contributed by atoms with Crippen molar-refractivity contribution in [3.05, 3.63) is 108 Å². The van der Waals surface area contributed by atoms with E-state index in [-0.39, 0.29) is 16.9 Å². The van der Waals surface area contributed by atoms with Gasteiger partial charge in [0.15, 0.2) is 0 Å². The molecule has 0 spiro atoms. The minimum Gasteiger partial charge on any atom is -0.494 e. The number of benzene rings is 3. The number of aromatic amines is 1. The van der Waals surface area contributed by atoms with Crippen molar-refractivity contribution in [2.24, 2.45) is 0 Å². The van der Waals surface area contributed by atoms with Gasteiger partial charge in [-0.05, 0) is 77.4 Å². The molecule has 4 rings (SSSR count). The van der Waals surface area contributed by atoms with E-state index in [9.17, 15) is 22.4 Å². The summed E-state index contributed by atoms with van der Waals surface area (Å²) in [7, 11) is 1.57. The van der Waals surface area contributed by atoms with Crippen LogP contribution in [0.15, 0.2) is 84.9 Å². The number of amides is 1. The largest absolute Gasteiger partial charge is 0.494 e. The molecule has 0 aliphatic heterocycles. The predicted molar refractivity (Wildman–Crippen MR) is 148 cm³/mol. The van der Waals surface area contributed by atoms with Gasteiger partial charge in [0.1, 0.15) is 5.75 Å². The first-order valence-electron chi connectivity index (χ1n) is 12.9. The molecule has 0 saturated heterocycles. The third-order valence-electron chi connectivity index (χ3n) is 6.29. The van der Waals surface area contributed by atoms with Gasteiger partial charge in [-0.2, -0.15) is 22.7 Å². The van der Waals surface area contributed by atoms with E-state index in [1.54, 1.807) is 79.9 Å². The molecule has 208 valence electrons. The van der Waals surface area contributed by atoms with Gasteiger partial charge >= 0.3 is 6.18 Å². The molecule has 0 radical (unpaired) electrons. The van der Waals surface area contributed by atoms with E-state index in [1.807, 2.05) is 0 Å². The number of nitrogens with one attached hydrogen (secondary N) is 2. The number of hydrogen-bond acceptors (Lipinski definition) is 3. The van der Waals surface area contributed by atoms with E-state index < -0.39 is 18.5 Å². The van der Waals surface area contributed by atoms with Crippen molar-refractivity contribution in [1.82, 2.24) is 15.5 Å². The van der Waals surface area contributed by atoms with Crippen LogP contribution in [0.1, 0.15) is 42.4 Å². The summed E-state index contributed by atoms with van der Waals surface area (Å²) in [5.74, 6) is -0.219. The van der Waals surface area contributed by atoms with E-state index in [2.05, 4.69) is 15.5 Å². The minimum absolute atomic E-state index is 0.0785. The quantitative estimate of drug-likeness (QED) is 0.0880. The van der Waals surface area contributed by atoms with E-state index in [4.69, 9.17) is 4.74 Å². The fourth-order valence-electron chi connectivity index (χ4n) is 4.37. The molecule has 0 saturated carbocycles. The highest BCUT2D eigenvalue weighted by molar-refractivity contribution is 6.00. The summed E-state index contributed by atoms with van der Waals surface area (Å²) in [6.07, 6.45) is 0.0115. The van der Waals surface area contributed by atoms with Crippen LogP contribution in [0.25, 0.3) is 22.0 Å². The highest BCUT2D eigenvalue weighted by atomic mass is 19.4. The summed E-state index contributed by atoms with van der Waals surface area (Å²) in [5, 5.41) is 8.89. The lowest BCUT2D eigenvalue weighted by molar-refractivity contribution is -0.123. The molecule has 3 aromatic carbocycles. The number of carbonyl (C=O) groups excluding carboxylic acids is 1. The summed E-state index contributed by atoms with van der Waals surface area (Å²) in [4.78, 5) is 11.2. The Morgan fingerprint density at radius 3 is 2.40 bits per heavy atom. The topological polar surface area (TPSA) is 67.0 Å². The Balaban J connectivity index is 1.64. The van der Waals surface area contributed by atoms with Crippen LogP contribution in [-0.2, 0) is 4.79 Å². The molecule has 0 aliphatic rings. The maximum atomic E-state index is 14.4. The van der Waals surface area contributed by atoms with Crippen LogP contribution >= 0.6 is 0 Å². The third-order valence-corrected chi connectivity index (χ3v) is 6.29. The lowest BCUT2D eigenvalue weighted by Crippen LogP contribution is -2.13. The van der Waals surface area contributed by atoms with Crippen molar-refractivity contribution >= 4 is 28.0 Å². The second-order valence-corrected chi connectivity index (χ2v) is 9.17. The maximum Gasteiger partial charge on any atom is 0.393 e. The zero-order valence-corrected chi connectivity index (χ0v) is 21.9. The lowest BCUT2D eigenvalue weighted by Gasteiger charge is -2.19. The van der Waals surface area contributed by atoms with Crippen molar-refractivity contribution in [2.75, 3.05) is 13.7 Å². The lowest BCUT2D eigenvalue weighted by atomic mass is 9.87. The summed E-state index contributed by atoms with van der Waals surface area (Å²) in [6, 6.07) is 20.0. The van der Waals surface area contributed by atoms with Gasteiger partial charge in [0.05, 0.1) is 23.9 Å². The Labute approximate surface area is 229 Å². The number of ether oxygens (including phenoxy) is 1. The first-order chi connectivity index (χ1) is 19.2. The molecule has 40 heavy (non-hydrogen) atoms. The molecule has 0 unspecified atom stereocenters. The number of allylic oxidation sites excluding steroid dienone is 2. The molecule has 4 aromatic rings. The number of likely N-dealkylation sites (N-methyl/N-ethyl adjacent to an activating group) is 1. The number of hydrogen-bond donors (Lipinski definition) is 2. The number of rotatable bonds is 11. The third kappa shape index (κ3) is 7.59. The Bertz CT molecular complexity index is 1490. The molecule has 1 heterocycles. The van der Waals surface area contributed by atoms with Gasteiger partial charge in [-0.15, -0.1) is 0 Å². The van der Waals surface area contributed by atoms with Crippen LogP contribution in [0.4, 0.5) is 17.6 Å². The van der Waals surface area contributed by atoms with Gasteiger partial charge in [0.2, 0.25) is 11.9 Å². The fraction of sp³-hybridized carbons (Fsp3) is 0.226. The number of aromatic nitrogens is 2. The average Bonchev–Trinajstić information content (AvgIpc) is 3.32. The maximum absolute atomic E-state index is 14.4. The zero-order chi connectivity index (χ0) is 28.5. The molecular weight excluding hydrogens is 522 g/mol. The number of fused-ring (bicyclic) bond motifs is 1. The zero-order valence-electron chi connectivity index (χ0n) is 21.9. The van der Waals surface area contributed by atoms with Gasteiger partial charge < -0.3 is 10.1 Å². The second kappa shape index (κ2) is 13.1. The average molecular weight is 552 g/mol. The van der Waals surface area contributed by atoms with Gasteiger partial charge in [0, 0.05) is 7.05 Å². The molecule has 0 aliphatic carbocycles. The van der Waals surface area contributed by atoms with Gasteiger partial charge in [0.25, 0.3) is 0 Å². The fourth-order valence-corrected chi connectivity index (χ4v) is 4.37. The van der Waals surface area contributed by atoms with Crippen molar-refractivity contribution < 1.29 is 27.1 Å². The number of carbonyl (C=O) groups is 1. The normalized spacial score (nSPS) is 12.5. The summed E-state index contributed by atoms with van der Waals surface area (Å²) >= 11 is 0.